The standard InChI is InChI=1S/C23H28N4O2/c1-16(2)29-20-11-7-10-19-21(20)22(24-23(28)18-12-13-26(3)15-18)25-27(19)14-17-8-5-4-6-9-17/h4-11,16,18H,12-15H2,1-3H3,(H,24,25,28)/t18-/m1/s1. The summed E-state index contributed by atoms with van der Waals surface area (Å²) in [6.45, 7) is 6.36. The van der Waals surface area contributed by atoms with Crippen molar-refractivity contribution in [3.63, 3.8) is 0 Å². The van der Waals surface area contributed by atoms with Gasteiger partial charge < -0.3 is 15.0 Å². The maximum Gasteiger partial charge on any atom is 0.230 e. The van der Waals surface area contributed by atoms with Crippen LogP contribution < -0.4 is 10.1 Å². The molecule has 0 saturated carbocycles. The van der Waals surface area contributed by atoms with Crippen LogP contribution in [0.3, 0.4) is 0 Å². The first-order valence-electron chi connectivity index (χ1n) is 10.2. The molecule has 3 aromatic rings. The van der Waals surface area contributed by atoms with E-state index >= 15 is 0 Å². The number of aromatic nitrogens is 2. The summed E-state index contributed by atoms with van der Waals surface area (Å²) >= 11 is 0. The highest BCUT2D eigenvalue weighted by Gasteiger charge is 2.28. The summed E-state index contributed by atoms with van der Waals surface area (Å²) in [5, 5.41) is 8.72. The number of hydrogen-bond acceptors (Lipinski definition) is 4. The molecule has 0 bridgehead atoms. The Labute approximate surface area is 171 Å². The minimum absolute atomic E-state index is 0.00694. The van der Waals surface area contributed by atoms with Crippen molar-refractivity contribution in [2.75, 3.05) is 25.5 Å². The maximum atomic E-state index is 12.9. The van der Waals surface area contributed by atoms with Gasteiger partial charge in [-0.2, -0.15) is 5.10 Å². The second-order valence-corrected chi connectivity index (χ2v) is 8.05. The Morgan fingerprint density at radius 2 is 2.00 bits per heavy atom. The van der Waals surface area contributed by atoms with Gasteiger partial charge in [0.2, 0.25) is 5.91 Å². The Balaban J connectivity index is 1.72. The molecule has 1 amide bonds. The van der Waals surface area contributed by atoms with E-state index in [4.69, 9.17) is 9.84 Å². The van der Waals surface area contributed by atoms with Crippen LogP contribution in [0.15, 0.2) is 48.5 Å². The molecule has 6 nitrogen and oxygen atoms in total. The van der Waals surface area contributed by atoms with E-state index in [0.717, 1.165) is 41.7 Å². The monoisotopic (exact) mass is 392 g/mol. The molecule has 0 spiro atoms. The number of nitrogens with zero attached hydrogens (tertiary/aromatic N) is 3. The van der Waals surface area contributed by atoms with Gasteiger partial charge in [-0.1, -0.05) is 36.4 Å². The Morgan fingerprint density at radius 3 is 2.69 bits per heavy atom. The van der Waals surface area contributed by atoms with Crippen molar-refractivity contribution < 1.29 is 9.53 Å². The number of amides is 1. The van der Waals surface area contributed by atoms with Crippen LogP contribution in [0.2, 0.25) is 0 Å². The van der Waals surface area contributed by atoms with E-state index in [-0.39, 0.29) is 17.9 Å². The number of hydrogen-bond donors (Lipinski definition) is 1. The smallest absolute Gasteiger partial charge is 0.230 e. The van der Waals surface area contributed by atoms with Gasteiger partial charge in [-0.05, 0) is 51.6 Å². The molecule has 4 rings (SSSR count). The van der Waals surface area contributed by atoms with Crippen molar-refractivity contribution in [1.29, 1.82) is 0 Å². The van der Waals surface area contributed by atoms with Crippen molar-refractivity contribution in [3.05, 3.63) is 54.1 Å². The zero-order chi connectivity index (χ0) is 20.4. The molecule has 1 N–H and O–H groups in total. The predicted molar refractivity (Wildman–Crippen MR) is 115 cm³/mol. The summed E-state index contributed by atoms with van der Waals surface area (Å²) in [6, 6.07) is 16.1. The average molecular weight is 393 g/mol. The molecule has 2 aromatic carbocycles. The van der Waals surface area contributed by atoms with E-state index < -0.39 is 0 Å². The molecule has 0 aliphatic carbocycles. The van der Waals surface area contributed by atoms with E-state index in [1.54, 1.807) is 0 Å². The average Bonchev–Trinajstić information content (AvgIpc) is 3.27. The molecule has 2 heterocycles. The third-order valence-electron chi connectivity index (χ3n) is 5.28. The molecule has 6 heteroatoms. The lowest BCUT2D eigenvalue weighted by Gasteiger charge is -2.13. The fourth-order valence-corrected chi connectivity index (χ4v) is 3.88. The van der Waals surface area contributed by atoms with Gasteiger partial charge in [-0.15, -0.1) is 0 Å². The number of likely N-dealkylation sites (tertiary alicyclic amines) is 1. The number of carbonyl (C=O) groups is 1. The molecule has 0 radical (unpaired) electrons. The van der Waals surface area contributed by atoms with Crippen molar-refractivity contribution in [2.45, 2.75) is 32.9 Å². The fourth-order valence-electron chi connectivity index (χ4n) is 3.88. The van der Waals surface area contributed by atoms with Crippen LogP contribution >= 0.6 is 0 Å². The van der Waals surface area contributed by atoms with Gasteiger partial charge in [0, 0.05) is 6.54 Å². The number of nitrogens with one attached hydrogen (secondary N) is 1. The lowest BCUT2D eigenvalue weighted by atomic mass is 10.1. The Kier molecular flexibility index (Phi) is 5.53. The highest BCUT2D eigenvalue weighted by atomic mass is 16.5. The van der Waals surface area contributed by atoms with Crippen LogP contribution in [0.5, 0.6) is 5.75 Å². The van der Waals surface area contributed by atoms with Crippen LogP contribution in [0, 0.1) is 5.92 Å². The zero-order valence-electron chi connectivity index (χ0n) is 17.3. The van der Waals surface area contributed by atoms with E-state index in [9.17, 15) is 4.79 Å². The minimum atomic E-state index is -0.00694. The second-order valence-electron chi connectivity index (χ2n) is 8.05. The van der Waals surface area contributed by atoms with E-state index in [2.05, 4.69) is 22.3 Å². The van der Waals surface area contributed by atoms with Gasteiger partial charge in [0.25, 0.3) is 0 Å². The summed E-state index contributed by atoms with van der Waals surface area (Å²) in [4.78, 5) is 15.1. The number of benzene rings is 2. The minimum Gasteiger partial charge on any atom is -0.490 e. The lowest BCUT2D eigenvalue weighted by Crippen LogP contribution is -2.25. The van der Waals surface area contributed by atoms with Gasteiger partial charge in [-0.25, -0.2) is 0 Å². The molecule has 1 atom stereocenters. The van der Waals surface area contributed by atoms with E-state index in [1.807, 2.05) is 62.0 Å². The second kappa shape index (κ2) is 8.25. The third-order valence-corrected chi connectivity index (χ3v) is 5.28. The summed E-state index contributed by atoms with van der Waals surface area (Å²) in [6.07, 6.45) is 0.908. The van der Waals surface area contributed by atoms with E-state index in [0.29, 0.717) is 12.4 Å². The number of ether oxygens (including phenoxy) is 1. The predicted octanol–water partition coefficient (Wildman–Crippen LogP) is 3.76. The van der Waals surface area contributed by atoms with Gasteiger partial charge >= 0.3 is 0 Å². The molecule has 0 unspecified atom stereocenters. The van der Waals surface area contributed by atoms with Crippen LogP contribution in [-0.4, -0.2) is 46.8 Å². The van der Waals surface area contributed by atoms with Gasteiger partial charge in [-0.3, -0.25) is 9.48 Å². The SMILES string of the molecule is CC(C)Oc1cccc2c1c(NC(=O)[C@@H]1CCN(C)C1)nn2Cc1ccccc1. The molecule has 152 valence electrons. The third kappa shape index (κ3) is 4.27. The van der Waals surface area contributed by atoms with Crippen molar-refractivity contribution in [3.8, 4) is 5.75 Å². The Hall–Kier alpha value is -2.86. The topological polar surface area (TPSA) is 59.4 Å². The molecule has 1 aliphatic rings. The van der Waals surface area contributed by atoms with Crippen LogP contribution in [0.25, 0.3) is 10.9 Å². The highest BCUT2D eigenvalue weighted by Crippen LogP contribution is 2.34. The van der Waals surface area contributed by atoms with Crippen molar-refractivity contribution >= 4 is 22.6 Å². The normalized spacial score (nSPS) is 17.2. The number of rotatable bonds is 6. The van der Waals surface area contributed by atoms with E-state index in [1.165, 1.54) is 0 Å². The molecule has 29 heavy (non-hydrogen) atoms. The number of anilines is 1. The quantitative estimate of drug-likeness (QED) is 0.694. The summed E-state index contributed by atoms with van der Waals surface area (Å²) in [7, 11) is 2.05. The lowest BCUT2D eigenvalue weighted by molar-refractivity contribution is -0.119. The first-order chi connectivity index (χ1) is 14.0. The van der Waals surface area contributed by atoms with Crippen LogP contribution in [-0.2, 0) is 11.3 Å². The van der Waals surface area contributed by atoms with Gasteiger partial charge in [0.05, 0.1) is 29.5 Å². The number of carbonyl (C=O) groups excluding carboxylic acids is 1. The number of fused-ring (bicyclic) bond motifs is 1. The molecular weight excluding hydrogens is 364 g/mol. The van der Waals surface area contributed by atoms with Crippen molar-refractivity contribution in [2.24, 2.45) is 5.92 Å². The first-order valence-corrected chi connectivity index (χ1v) is 10.2. The first kappa shape index (κ1) is 19.5. The molecule has 1 fully saturated rings. The van der Waals surface area contributed by atoms with Crippen LogP contribution in [0.4, 0.5) is 5.82 Å². The summed E-state index contributed by atoms with van der Waals surface area (Å²) in [5.41, 5.74) is 2.10. The maximum absolute atomic E-state index is 12.9. The van der Waals surface area contributed by atoms with Crippen LogP contribution in [0.1, 0.15) is 25.8 Å². The van der Waals surface area contributed by atoms with Crippen molar-refractivity contribution in [1.82, 2.24) is 14.7 Å². The molecule has 1 aromatic heterocycles. The van der Waals surface area contributed by atoms with Gasteiger partial charge in [0.1, 0.15) is 5.75 Å². The largest absolute Gasteiger partial charge is 0.490 e. The molecule has 1 saturated heterocycles. The Morgan fingerprint density at radius 1 is 1.21 bits per heavy atom. The Bertz CT molecular complexity index is 997. The van der Waals surface area contributed by atoms with Gasteiger partial charge in [0.15, 0.2) is 5.82 Å². The summed E-state index contributed by atoms with van der Waals surface area (Å²) < 4.78 is 7.98. The molecular formula is C23H28N4O2. The molecule has 1 aliphatic heterocycles. The fraction of sp³-hybridized carbons (Fsp3) is 0.391. The zero-order valence-corrected chi connectivity index (χ0v) is 17.3. The highest BCUT2D eigenvalue weighted by molar-refractivity contribution is 6.03. The summed E-state index contributed by atoms with van der Waals surface area (Å²) in [5.74, 6) is 1.34.